The average Bonchev–Trinajstić information content (AvgIpc) is 2.57. The monoisotopic (exact) mass is 232 g/mol. The average molecular weight is 233 g/mol. The predicted octanol–water partition coefficient (Wildman–Crippen LogP) is 3.28. The SMILES string of the molecule is C#CCn1c(C(C)Cl)nc2cc(C)ccc21. The Morgan fingerprint density at radius 2 is 2.31 bits per heavy atom. The molecule has 0 saturated carbocycles. The third-order valence-corrected chi connectivity index (χ3v) is 2.73. The molecule has 0 amide bonds. The molecule has 1 unspecified atom stereocenters. The first-order valence-corrected chi connectivity index (χ1v) is 5.61. The van der Waals surface area contributed by atoms with Crippen LogP contribution in [-0.2, 0) is 6.54 Å². The van der Waals surface area contributed by atoms with E-state index >= 15 is 0 Å². The summed E-state index contributed by atoms with van der Waals surface area (Å²) >= 11 is 6.10. The number of alkyl halides is 1. The number of hydrogen-bond donors (Lipinski definition) is 0. The van der Waals surface area contributed by atoms with Gasteiger partial charge in [-0.15, -0.1) is 18.0 Å². The van der Waals surface area contributed by atoms with E-state index in [0.717, 1.165) is 16.9 Å². The van der Waals surface area contributed by atoms with E-state index in [-0.39, 0.29) is 5.38 Å². The van der Waals surface area contributed by atoms with Crippen LogP contribution in [0.4, 0.5) is 0 Å². The van der Waals surface area contributed by atoms with Crippen LogP contribution in [0.15, 0.2) is 18.2 Å². The summed E-state index contributed by atoms with van der Waals surface area (Å²) in [5, 5.41) is -0.138. The summed E-state index contributed by atoms with van der Waals surface area (Å²) in [6, 6.07) is 6.14. The molecule has 1 heterocycles. The molecule has 2 aromatic rings. The fourth-order valence-corrected chi connectivity index (χ4v) is 1.99. The van der Waals surface area contributed by atoms with Crippen molar-refractivity contribution in [2.24, 2.45) is 0 Å². The van der Waals surface area contributed by atoms with Crippen LogP contribution >= 0.6 is 11.6 Å². The van der Waals surface area contributed by atoms with Crippen molar-refractivity contribution in [1.82, 2.24) is 9.55 Å². The zero-order valence-corrected chi connectivity index (χ0v) is 10.1. The second-order valence-corrected chi connectivity index (χ2v) is 4.52. The van der Waals surface area contributed by atoms with Crippen molar-refractivity contribution < 1.29 is 0 Å². The van der Waals surface area contributed by atoms with Gasteiger partial charge in [0.15, 0.2) is 0 Å². The highest BCUT2D eigenvalue weighted by atomic mass is 35.5. The molecule has 0 aliphatic rings. The van der Waals surface area contributed by atoms with Crippen molar-refractivity contribution >= 4 is 22.6 Å². The van der Waals surface area contributed by atoms with Crippen LogP contribution in [0.3, 0.4) is 0 Å². The first kappa shape index (κ1) is 11.0. The summed E-state index contributed by atoms with van der Waals surface area (Å²) in [6.07, 6.45) is 5.37. The Bertz CT molecular complexity index is 561. The lowest BCUT2D eigenvalue weighted by Gasteiger charge is -2.06. The van der Waals surface area contributed by atoms with Gasteiger partial charge >= 0.3 is 0 Å². The zero-order valence-electron chi connectivity index (χ0n) is 9.37. The fraction of sp³-hybridized carbons (Fsp3) is 0.308. The molecule has 3 heteroatoms. The normalized spacial score (nSPS) is 12.6. The van der Waals surface area contributed by atoms with Crippen LogP contribution in [0.25, 0.3) is 11.0 Å². The van der Waals surface area contributed by atoms with Gasteiger partial charge in [0, 0.05) is 0 Å². The molecule has 1 atom stereocenters. The Morgan fingerprint density at radius 1 is 1.56 bits per heavy atom. The van der Waals surface area contributed by atoms with Gasteiger partial charge in [-0.3, -0.25) is 0 Å². The largest absolute Gasteiger partial charge is 0.315 e. The second-order valence-electron chi connectivity index (χ2n) is 3.87. The Balaban J connectivity index is 2.71. The minimum absolute atomic E-state index is 0.138. The van der Waals surface area contributed by atoms with E-state index in [1.165, 1.54) is 5.56 Å². The lowest BCUT2D eigenvalue weighted by molar-refractivity contribution is 0.769. The molecule has 1 aromatic heterocycles. The number of halogens is 1. The first-order valence-electron chi connectivity index (χ1n) is 5.18. The third kappa shape index (κ3) is 1.79. The quantitative estimate of drug-likeness (QED) is 0.574. The van der Waals surface area contributed by atoms with Gasteiger partial charge in [0.05, 0.1) is 23.0 Å². The van der Waals surface area contributed by atoms with E-state index < -0.39 is 0 Å². The maximum absolute atomic E-state index is 6.10. The predicted molar refractivity (Wildman–Crippen MR) is 67.6 cm³/mol. The van der Waals surface area contributed by atoms with Crippen LogP contribution in [0.2, 0.25) is 0 Å². The summed E-state index contributed by atoms with van der Waals surface area (Å²) < 4.78 is 1.99. The summed E-state index contributed by atoms with van der Waals surface area (Å²) in [7, 11) is 0. The summed E-state index contributed by atoms with van der Waals surface area (Å²) in [5.41, 5.74) is 3.19. The molecule has 0 N–H and O–H groups in total. The number of nitrogens with zero attached hydrogens (tertiary/aromatic N) is 2. The van der Waals surface area contributed by atoms with Crippen LogP contribution in [0.1, 0.15) is 23.7 Å². The lowest BCUT2D eigenvalue weighted by Crippen LogP contribution is -2.02. The van der Waals surface area contributed by atoms with Gasteiger partial charge in [-0.1, -0.05) is 12.0 Å². The standard InChI is InChI=1S/C13H13ClN2/c1-4-7-16-12-6-5-9(2)8-11(12)15-13(16)10(3)14/h1,5-6,8,10H,7H2,2-3H3. The smallest absolute Gasteiger partial charge is 0.128 e. The van der Waals surface area contributed by atoms with Crippen LogP contribution < -0.4 is 0 Å². The van der Waals surface area contributed by atoms with Crippen molar-refractivity contribution in [2.45, 2.75) is 25.8 Å². The van der Waals surface area contributed by atoms with Gasteiger partial charge in [-0.2, -0.15) is 0 Å². The molecule has 0 aliphatic heterocycles. The summed E-state index contributed by atoms with van der Waals surface area (Å²) in [6.45, 7) is 4.46. The number of terminal acetylenes is 1. The zero-order chi connectivity index (χ0) is 11.7. The summed E-state index contributed by atoms with van der Waals surface area (Å²) in [5.74, 6) is 3.47. The topological polar surface area (TPSA) is 17.8 Å². The maximum atomic E-state index is 6.10. The highest BCUT2D eigenvalue weighted by Crippen LogP contribution is 2.24. The highest BCUT2D eigenvalue weighted by Gasteiger charge is 2.13. The molecule has 0 aliphatic carbocycles. The molecule has 82 valence electrons. The summed E-state index contributed by atoms with van der Waals surface area (Å²) in [4.78, 5) is 4.53. The van der Waals surface area contributed by atoms with Crippen molar-refractivity contribution in [3.63, 3.8) is 0 Å². The highest BCUT2D eigenvalue weighted by molar-refractivity contribution is 6.20. The number of imidazole rings is 1. The Labute approximate surface area is 100 Å². The van der Waals surface area contributed by atoms with Crippen LogP contribution in [-0.4, -0.2) is 9.55 Å². The minimum atomic E-state index is -0.138. The number of rotatable bonds is 2. The van der Waals surface area contributed by atoms with Gasteiger partial charge in [-0.25, -0.2) is 4.98 Å². The molecule has 0 saturated heterocycles. The van der Waals surface area contributed by atoms with Gasteiger partial charge in [0.2, 0.25) is 0 Å². The molecule has 0 bridgehead atoms. The van der Waals surface area contributed by atoms with Crippen LogP contribution in [0.5, 0.6) is 0 Å². The molecule has 2 nitrogen and oxygen atoms in total. The van der Waals surface area contributed by atoms with Gasteiger partial charge in [0.1, 0.15) is 5.82 Å². The van der Waals surface area contributed by atoms with Gasteiger partial charge in [0.25, 0.3) is 0 Å². The van der Waals surface area contributed by atoms with E-state index in [1.807, 2.05) is 30.5 Å². The van der Waals surface area contributed by atoms with E-state index in [4.69, 9.17) is 18.0 Å². The van der Waals surface area contributed by atoms with Crippen LogP contribution in [0, 0.1) is 19.3 Å². The van der Waals surface area contributed by atoms with E-state index in [2.05, 4.69) is 17.0 Å². The van der Waals surface area contributed by atoms with E-state index in [0.29, 0.717) is 6.54 Å². The molecule has 0 spiro atoms. The van der Waals surface area contributed by atoms with E-state index in [9.17, 15) is 0 Å². The Kier molecular flexibility index (Phi) is 2.89. The molecular formula is C13H13ClN2. The van der Waals surface area contributed by atoms with E-state index in [1.54, 1.807) is 0 Å². The van der Waals surface area contributed by atoms with Crippen molar-refractivity contribution in [1.29, 1.82) is 0 Å². The van der Waals surface area contributed by atoms with Gasteiger partial charge < -0.3 is 4.57 Å². The number of aromatic nitrogens is 2. The Morgan fingerprint density at radius 3 is 2.94 bits per heavy atom. The lowest BCUT2D eigenvalue weighted by atomic mass is 10.2. The molecule has 1 aromatic carbocycles. The molecule has 0 radical (unpaired) electrons. The number of aryl methyl sites for hydroxylation is 1. The number of benzene rings is 1. The second kappa shape index (κ2) is 4.19. The number of fused-ring (bicyclic) bond motifs is 1. The molecule has 0 fully saturated rings. The third-order valence-electron chi connectivity index (χ3n) is 2.54. The molecule has 16 heavy (non-hydrogen) atoms. The molecule has 2 rings (SSSR count). The number of hydrogen-bond acceptors (Lipinski definition) is 1. The first-order chi connectivity index (χ1) is 7.63. The maximum Gasteiger partial charge on any atom is 0.128 e. The van der Waals surface area contributed by atoms with Gasteiger partial charge in [-0.05, 0) is 31.5 Å². The van der Waals surface area contributed by atoms with Crippen molar-refractivity contribution in [3.8, 4) is 12.3 Å². The van der Waals surface area contributed by atoms with Crippen molar-refractivity contribution in [3.05, 3.63) is 29.6 Å². The Hall–Kier alpha value is -1.46. The van der Waals surface area contributed by atoms with Crippen molar-refractivity contribution in [2.75, 3.05) is 0 Å². The minimum Gasteiger partial charge on any atom is -0.315 e. The molecular weight excluding hydrogens is 220 g/mol. The fourth-order valence-electron chi connectivity index (χ4n) is 1.82.